The summed E-state index contributed by atoms with van der Waals surface area (Å²) in [4.78, 5) is 27.1. The molecule has 1 heterocycles. The summed E-state index contributed by atoms with van der Waals surface area (Å²) in [5.41, 5.74) is 0.732. The van der Waals surface area contributed by atoms with Gasteiger partial charge in [-0.2, -0.15) is 0 Å². The van der Waals surface area contributed by atoms with E-state index >= 15 is 0 Å². The first-order valence-electron chi connectivity index (χ1n) is 11.1. The molecule has 6 heteroatoms. The van der Waals surface area contributed by atoms with Crippen molar-refractivity contribution in [3.05, 3.63) is 39.8 Å². The summed E-state index contributed by atoms with van der Waals surface area (Å²) in [6.07, 6.45) is 0.843. The molecule has 0 atom stereocenters. The third-order valence-electron chi connectivity index (χ3n) is 5.21. The number of ether oxygens (including phenoxy) is 1. The monoisotopic (exact) mass is 430 g/mol. The van der Waals surface area contributed by atoms with Crippen molar-refractivity contribution < 1.29 is 14.6 Å². The molecule has 0 bridgehead atoms. The van der Waals surface area contributed by atoms with E-state index in [9.17, 15) is 14.7 Å². The Kier molecular flexibility index (Phi) is 7.45. The van der Waals surface area contributed by atoms with Gasteiger partial charge in [0.15, 0.2) is 0 Å². The molecule has 0 saturated carbocycles. The molecular formula is C25H38N2O4. The lowest BCUT2D eigenvalue weighted by Crippen LogP contribution is -2.45. The molecule has 1 aromatic heterocycles. The number of aromatic nitrogens is 1. The van der Waals surface area contributed by atoms with Gasteiger partial charge in [-0.05, 0) is 51.7 Å². The summed E-state index contributed by atoms with van der Waals surface area (Å²) in [7, 11) is 0. The minimum absolute atomic E-state index is 0.0789. The molecule has 1 N–H and O–H groups in total. The molecule has 1 amide bonds. The Bertz CT molecular complexity index is 994. The number of amides is 1. The van der Waals surface area contributed by atoms with E-state index in [4.69, 9.17) is 4.74 Å². The number of benzene rings is 1. The average Bonchev–Trinajstić information content (AvgIpc) is 2.62. The Morgan fingerprint density at radius 1 is 1.13 bits per heavy atom. The van der Waals surface area contributed by atoms with Crippen molar-refractivity contribution in [3.63, 3.8) is 0 Å². The molecule has 0 aliphatic carbocycles. The van der Waals surface area contributed by atoms with Gasteiger partial charge in [0.1, 0.15) is 5.75 Å². The lowest BCUT2D eigenvalue weighted by Gasteiger charge is -2.35. The first-order chi connectivity index (χ1) is 14.3. The van der Waals surface area contributed by atoms with Crippen LogP contribution in [0.1, 0.15) is 72.6 Å². The fourth-order valence-corrected chi connectivity index (χ4v) is 3.60. The van der Waals surface area contributed by atoms with Crippen molar-refractivity contribution in [1.82, 2.24) is 9.47 Å². The third kappa shape index (κ3) is 6.02. The van der Waals surface area contributed by atoms with Gasteiger partial charge in [-0.25, -0.2) is 4.79 Å². The van der Waals surface area contributed by atoms with Gasteiger partial charge in [0.2, 0.25) is 0 Å². The fraction of sp³-hybridized carbons (Fsp3) is 0.600. The maximum atomic E-state index is 13.6. The number of nitrogens with zero attached hydrogens (tertiary/aromatic N) is 2. The van der Waals surface area contributed by atoms with Gasteiger partial charge >= 0.3 is 6.09 Å². The van der Waals surface area contributed by atoms with Crippen molar-refractivity contribution in [1.29, 1.82) is 0 Å². The number of unbranched alkanes of at least 4 members (excludes halogenated alkanes) is 1. The number of aryl methyl sites for hydroxylation is 1. The molecule has 2 rings (SSSR count). The van der Waals surface area contributed by atoms with Gasteiger partial charge in [-0.15, -0.1) is 0 Å². The van der Waals surface area contributed by atoms with Crippen LogP contribution in [0.4, 0.5) is 4.79 Å². The highest BCUT2D eigenvalue weighted by Gasteiger charge is 2.30. The molecule has 0 fully saturated rings. The van der Waals surface area contributed by atoms with Crippen molar-refractivity contribution >= 4 is 16.9 Å². The maximum absolute atomic E-state index is 13.6. The smallest absolute Gasteiger partial charge is 0.408 e. The highest BCUT2D eigenvalue weighted by Crippen LogP contribution is 2.33. The van der Waals surface area contributed by atoms with Crippen LogP contribution in [0.2, 0.25) is 0 Å². The molecule has 0 radical (unpaired) electrons. The lowest BCUT2D eigenvalue weighted by atomic mass is 9.95. The van der Waals surface area contributed by atoms with Gasteiger partial charge < -0.3 is 14.4 Å². The van der Waals surface area contributed by atoms with E-state index in [0.29, 0.717) is 30.0 Å². The number of fused-ring (bicyclic) bond motifs is 1. The van der Waals surface area contributed by atoms with E-state index in [1.807, 2.05) is 45.9 Å². The molecule has 0 aliphatic heterocycles. The van der Waals surface area contributed by atoms with E-state index in [2.05, 4.69) is 27.7 Å². The quantitative estimate of drug-likeness (QED) is 0.562. The second-order valence-electron chi connectivity index (χ2n) is 10.5. The molecule has 0 saturated heterocycles. The van der Waals surface area contributed by atoms with Crippen LogP contribution in [0, 0.1) is 12.3 Å². The van der Waals surface area contributed by atoms with Gasteiger partial charge in [0.25, 0.3) is 5.56 Å². The number of hydrogen-bond donors (Lipinski definition) is 1. The zero-order valence-corrected chi connectivity index (χ0v) is 20.3. The minimum atomic E-state index is -1.02. The molecule has 2 aromatic rings. The van der Waals surface area contributed by atoms with E-state index in [1.54, 1.807) is 4.57 Å². The van der Waals surface area contributed by atoms with Crippen molar-refractivity contribution in [2.24, 2.45) is 5.41 Å². The summed E-state index contributed by atoms with van der Waals surface area (Å²) < 4.78 is 7.99. The molecule has 0 unspecified atom stereocenters. The van der Waals surface area contributed by atoms with E-state index in [-0.39, 0.29) is 17.5 Å². The van der Waals surface area contributed by atoms with Gasteiger partial charge in [0.05, 0.1) is 24.2 Å². The normalized spacial score (nSPS) is 12.3. The van der Waals surface area contributed by atoms with Crippen molar-refractivity contribution in [2.75, 3.05) is 6.61 Å². The molecule has 172 valence electrons. The summed E-state index contributed by atoms with van der Waals surface area (Å²) >= 11 is 0. The molecular weight excluding hydrogens is 392 g/mol. The van der Waals surface area contributed by atoms with E-state index in [1.165, 1.54) is 4.90 Å². The molecule has 0 spiro atoms. The van der Waals surface area contributed by atoms with E-state index < -0.39 is 11.6 Å². The Morgan fingerprint density at radius 2 is 1.77 bits per heavy atom. The topological polar surface area (TPSA) is 71.8 Å². The molecule has 1 aromatic carbocycles. The van der Waals surface area contributed by atoms with Crippen LogP contribution in [-0.4, -0.2) is 32.8 Å². The number of hydrogen-bond acceptors (Lipinski definition) is 3. The average molecular weight is 431 g/mol. The SMILES string of the molecule is CCCCOc1c(CN(C(=O)O)C(C)(C)C)n(CC(C)(C)C)c(=O)c2ccc(C)cc12. The zero-order valence-electron chi connectivity index (χ0n) is 20.3. The number of carboxylic acid groups (broad SMARTS) is 1. The fourth-order valence-electron chi connectivity index (χ4n) is 3.60. The standard InChI is InChI=1S/C25H38N2O4/c1-9-10-13-31-21-19-14-17(2)11-12-18(19)22(28)26(16-24(3,4)5)20(21)15-27(23(29)30)25(6,7)8/h11-12,14H,9-10,13,15-16H2,1-8H3,(H,29,30). The Labute approximate surface area is 185 Å². The number of pyridine rings is 1. The summed E-state index contributed by atoms with van der Waals surface area (Å²) in [6, 6.07) is 5.74. The Morgan fingerprint density at radius 3 is 2.29 bits per heavy atom. The Hall–Kier alpha value is -2.50. The summed E-state index contributed by atoms with van der Waals surface area (Å²) in [6.45, 7) is 16.9. The second-order valence-corrected chi connectivity index (χ2v) is 10.5. The molecule has 0 aliphatic rings. The Balaban J connectivity index is 2.87. The van der Waals surface area contributed by atoms with Gasteiger partial charge in [0, 0.05) is 17.5 Å². The van der Waals surface area contributed by atoms with E-state index in [0.717, 1.165) is 23.8 Å². The second kappa shape index (κ2) is 9.33. The highest BCUT2D eigenvalue weighted by molar-refractivity contribution is 5.89. The van der Waals surface area contributed by atoms with Gasteiger partial charge in [-0.3, -0.25) is 9.69 Å². The number of carbonyl (C=O) groups is 1. The predicted molar refractivity (Wildman–Crippen MR) is 126 cm³/mol. The summed E-state index contributed by atoms with van der Waals surface area (Å²) in [5.74, 6) is 0.617. The summed E-state index contributed by atoms with van der Waals surface area (Å²) in [5, 5.41) is 11.3. The van der Waals surface area contributed by atoms with Crippen molar-refractivity contribution in [3.8, 4) is 5.75 Å². The van der Waals surface area contributed by atoms with Crippen LogP contribution in [0.25, 0.3) is 10.8 Å². The van der Waals surface area contributed by atoms with Crippen LogP contribution in [-0.2, 0) is 13.1 Å². The molecule has 31 heavy (non-hydrogen) atoms. The van der Waals surface area contributed by atoms with Crippen LogP contribution < -0.4 is 10.3 Å². The minimum Gasteiger partial charge on any atom is -0.491 e. The molecule has 6 nitrogen and oxygen atoms in total. The third-order valence-corrected chi connectivity index (χ3v) is 5.21. The predicted octanol–water partition coefficient (Wildman–Crippen LogP) is 5.81. The number of rotatable bonds is 7. The van der Waals surface area contributed by atoms with Crippen molar-refractivity contribution in [2.45, 2.75) is 86.9 Å². The highest BCUT2D eigenvalue weighted by atomic mass is 16.5. The zero-order chi connectivity index (χ0) is 23.6. The largest absolute Gasteiger partial charge is 0.491 e. The van der Waals surface area contributed by atoms with Crippen LogP contribution >= 0.6 is 0 Å². The van der Waals surface area contributed by atoms with Gasteiger partial charge in [-0.1, -0.05) is 45.7 Å². The van der Waals surface area contributed by atoms with Crippen LogP contribution in [0.5, 0.6) is 5.75 Å². The first-order valence-corrected chi connectivity index (χ1v) is 11.1. The first kappa shape index (κ1) is 24.8. The van der Waals surface area contributed by atoms with Crippen LogP contribution in [0.15, 0.2) is 23.0 Å². The van der Waals surface area contributed by atoms with Crippen LogP contribution in [0.3, 0.4) is 0 Å². The maximum Gasteiger partial charge on any atom is 0.408 e. The lowest BCUT2D eigenvalue weighted by molar-refractivity contribution is 0.0924.